The van der Waals surface area contributed by atoms with Crippen LogP contribution in [0.4, 0.5) is 0 Å². The molecule has 1 fully saturated rings. The number of ether oxygens (including phenoxy) is 1. The maximum atomic E-state index is 12.5. The van der Waals surface area contributed by atoms with Crippen molar-refractivity contribution in [2.45, 2.75) is 45.6 Å². The zero-order valence-electron chi connectivity index (χ0n) is 15.4. The van der Waals surface area contributed by atoms with Crippen LogP contribution < -0.4 is 5.32 Å². The smallest absolute Gasteiger partial charge is 0.227 e. The molecule has 0 aromatic heterocycles. The second-order valence-electron chi connectivity index (χ2n) is 6.91. The van der Waals surface area contributed by atoms with Crippen molar-refractivity contribution in [1.29, 1.82) is 0 Å². The number of carbonyl (C=O) groups is 2. The van der Waals surface area contributed by atoms with E-state index in [1.165, 1.54) is 0 Å². The Labute approximate surface area is 150 Å². The number of carbonyl (C=O) groups excluding carboxylic acids is 2. The lowest BCUT2D eigenvalue weighted by Crippen LogP contribution is -2.46. The Morgan fingerprint density at radius 3 is 2.76 bits per heavy atom. The molecule has 0 saturated carbocycles. The summed E-state index contributed by atoms with van der Waals surface area (Å²) < 4.78 is 5.47. The first kappa shape index (κ1) is 19.4. The van der Waals surface area contributed by atoms with Crippen LogP contribution in [0.2, 0.25) is 0 Å². The van der Waals surface area contributed by atoms with E-state index in [2.05, 4.69) is 5.32 Å². The van der Waals surface area contributed by atoms with Crippen LogP contribution in [-0.2, 0) is 20.7 Å². The molecule has 1 saturated heterocycles. The summed E-state index contributed by atoms with van der Waals surface area (Å²) in [6.07, 6.45) is 3.17. The number of nitrogens with zero attached hydrogens (tertiary/aromatic N) is 1. The first-order valence-corrected chi connectivity index (χ1v) is 9.27. The second-order valence-corrected chi connectivity index (χ2v) is 6.91. The van der Waals surface area contributed by atoms with Crippen molar-refractivity contribution in [3.05, 3.63) is 35.9 Å². The Bertz CT molecular complexity index is 545. The highest BCUT2D eigenvalue weighted by Gasteiger charge is 2.28. The summed E-state index contributed by atoms with van der Waals surface area (Å²) >= 11 is 0. The van der Waals surface area contributed by atoms with Crippen LogP contribution in [0.5, 0.6) is 0 Å². The fourth-order valence-corrected chi connectivity index (χ4v) is 3.05. The lowest BCUT2D eigenvalue weighted by molar-refractivity contribution is -0.135. The van der Waals surface area contributed by atoms with Gasteiger partial charge in [-0.15, -0.1) is 0 Å². The summed E-state index contributed by atoms with van der Waals surface area (Å²) in [6.45, 7) is 6.56. The van der Waals surface area contributed by atoms with Gasteiger partial charge in [0.15, 0.2) is 0 Å². The van der Waals surface area contributed by atoms with E-state index >= 15 is 0 Å². The summed E-state index contributed by atoms with van der Waals surface area (Å²) in [5.74, 6) is 0.0651. The second kappa shape index (κ2) is 10.2. The third-order valence-corrected chi connectivity index (χ3v) is 4.41. The molecule has 1 heterocycles. The number of benzene rings is 1. The molecule has 1 aromatic rings. The summed E-state index contributed by atoms with van der Waals surface area (Å²) in [4.78, 5) is 26.6. The molecule has 5 nitrogen and oxygen atoms in total. The van der Waals surface area contributed by atoms with E-state index in [1.54, 1.807) is 0 Å². The van der Waals surface area contributed by atoms with Gasteiger partial charge < -0.3 is 15.0 Å². The van der Waals surface area contributed by atoms with Gasteiger partial charge in [0.05, 0.1) is 18.4 Å². The van der Waals surface area contributed by atoms with Gasteiger partial charge in [0.1, 0.15) is 0 Å². The fraction of sp³-hybridized carbons (Fsp3) is 0.600. The lowest BCUT2D eigenvalue weighted by Gasteiger charge is -2.32. The number of amides is 2. The quantitative estimate of drug-likeness (QED) is 0.736. The largest absolute Gasteiger partial charge is 0.379 e. The summed E-state index contributed by atoms with van der Waals surface area (Å²) in [5, 5.41) is 2.98. The molecule has 1 unspecified atom stereocenters. The first-order valence-electron chi connectivity index (χ1n) is 9.27. The Morgan fingerprint density at radius 2 is 2.04 bits per heavy atom. The molecule has 1 N–H and O–H groups in total. The first-order chi connectivity index (χ1) is 12.1. The van der Waals surface area contributed by atoms with Crippen molar-refractivity contribution < 1.29 is 14.3 Å². The number of piperidine rings is 1. The number of hydrogen-bond acceptors (Lipinski definition) is 3. The number of hydrogen-bond donors (Lipinski definition) is 1. The van der Waals surface area contributed by atoms with Crippen LogP contribution in [0.15, 0.2) is 30.3 Å². The van der Waals surface area contributed by atoms with E-state index in [0.717, 1.165) is 31.4 Å². The van der Waals surface area contributed by atoms with Crippen LogP contribution in [0, 0.1) is 5.92 Å². The molecule has 25 heavy (non-hydrogen) atoms. The van der Waals surface area contributed by atoms with E-state index < -0.39 is 0 Å². The topological polar surface area (TPSA) is 58.6 Å². The highest BCUT2D eigenvalue weighted by atomic mass is 16.5. The minimum absolute atomic E-state index is 0.0572. The van der Waals surface area contributed by atoms with E-state index in [4.69, 9.17) is 4.74 Å². The standard InChI is InChI=1S/C20H30N2O3/c1-16(2)25-13-7-11-21-20(24)18-10-6-12-22(15-18)19(23)14-17-8-4-3-5-9-17/h3-5,8-9,16,18H,6-7,10-15H2,1-2H3,(H,21,24). The Morgan fingerprint density at radius 1 is 1.28 bits per heavy atom. The van der Waals surface area contributed by atoms with E-state index in [-0.39, 0.29) is 23.8 Å². The monoisotopic (exact) mass is 346 g/mol. The zero-order valence-corrected chi connectivity index (χ0v) is 15.4. The summed E-state index contributed by atoms with van der Waals surface area (Å²) in [5.41, 5.74) is 1.02. The molecular formula is C20H30N2O3. The molecule has 138 valence electrons. The van der Waals surface area contributed by atoms with Gasteiger partial charge in [-0.05, 0) is 38.7 Å². The van der Waals surface area contributed by atoms with Crippen molar-refractivity contribution >= 4 is 11.8 Å². The van der Waals surface area contributed by atoms with Gasteiger partial charge in [-0.1, -0.05) is 30.3 Å². The van der Waals surface area contributed by atoms with Gasteiger partial charge in [0.2, 0.25) is 11.8 Å². The molecule has 2 amide bonds. The zero-order chi connectivity index (χ0) is 18.1. The average molecular weight is 346 g/mol. The minimum atomic E-state index is -0.0977. The number of likely N-dealkylation sites (tertiary alicyclic amines) is 1. The normalized spacial score (nSPS) is 17.6. The van der Waals surface area contributed by atoms with Crippen molar-refractivity contribution in [2.24, 2.45) is 5.92 Å². The van der Waals surface area contributed by atoms with E-state index in [0.29, 0.717) is 26.1 Å². The average Bonchev–Trinajstić information content (AvgIpc) is 2.62. The minimum Gasteiger partial charge on any atom is -0.379 e. The van der Waals surface area contributed by atoms with Gasteiger partial charge >= 0.3 is 0 Å². The highest BCUT2D eigenvalue weighted by molar-refractivity contribution is 5.82. The Hall–Kier alpha value is -1.88. The SMILES string of the molecule is CC(C)OCCCNC(=O)C1CCCN(C(=O)Cc2ccccc2)C1. The molecule has 2 rings (SSSR count). The molecule has 0 radical (unpaired) electrons. The molecule has 5 heteroatoms. The van der Waals surface area contributed by atoms with E-state index in [9.17, 15) is 9.59 Å². The molecule has 1 atom stereocenters. The molecular weight excluding hydrogens is 316 g/mol. The summed E-state index contributed by atoms with van der Waals surface area (Å²) in [7, 11) is 0. The van der Waals surface area contributed by atoms with Crippen LogP contribution in [0.25, 0.3) is 0 Å². The fourth-order valence-electron chi connectivity index (χ4n) is 3.05. The van der Waals surface area contributed by atoms with Gasteiger partial charge in [-0.25, -0.2) is 0 Å². The van der Waals surface area contributed by atoms with Crippen LogP contribution in [0.1, 0.15) is 38.7 Å². The molecule has 1 aliphatic rings. The van der Waals surface area contributed by atoms with Gasteiger partial charge in [0, 0.05) is 26.2 Å². The van der Waals surface area contributed by atoms with Gasteiger partial charge in [0.25, 0.3) is 0 Å². The van der Waals surface area contributed by atoms with Crippen molar-refractivity contribution in [1.82, 2.24) is 10.2 Å². The van der Waals surface area contributed by atoms with Crippen LogP contribution in [0.3, 0.4) is 0 Å². The van der Waals surface area contributed by atoms with Crippen molar-refractivity contribution in [2.75, 3.05) is 26.2 Å². The predicted octanol–water partition coefficient (Wildman–Crippen LogP) is 2.40. The van der Waals surface area contributed by atoms with Gasteiger partial charge in [-0.2, -0.15) is 0 Å². The predicted molar refractivity (Wildman–Crippen MR) is 98.2 cm³/mol. The Kier molecular flexibility index (Phi) is 7.92. The van der Waals surface area contributed by atoms with Gasteiger partial charge in [-0.3, -0.25) is 9.59 Å². The molecule has 0 aliphatic carbocycles. The number of nitrogens with one attached hydrogen (secondary N) is 1. The molecule has 0 bridgehead atoms. The summed E-state index contributed by atoms with van der Waals surface area (Å²) in [6, 6.07) is 9.76. The Balaban J connectivity index is 1.73. The lowest BCUT2D eigenvalue weighted by atomic mass is 9.96. The van der Waals surface area contributed by atoms with Crippen LogP contribution in [-0.4, -0.2) is 49.1 Å². The third kappa shape index (κ3) is 6.86. The molecule has 0 spiro atoms. The van der Waals surface area contributed by atoms with Crippen molar-refractivity contribution in [3.63, 3.8) is 0 Å². The van der Waals surface area contributed by atoms with Crippen LogP contribution >= 0.6 is 0 Å². The van der Waals surface area contributed by atoms with Crippen molar-refractivity contribution in [3.8, 4) is 0 Å². The maximum absolute atomic E-state index is 12.5. The highest BCUT2D eigenvalue weighted by Crippen LogP contribution is 2.18. The molecule has 1 aliphatic heterocycles. The maximum Gasteiger partial charge on any atom is 0.227 e. The number of rotatable bonds is 8. The van der Waals surface area contributed by atoms with E-state index in [1.807, 2.05) is 49.1 Å². The molecule has 1 aromatic carbocycles. The third-order valence-electron chi connectivity index (χ3n) is 4.41.